The van der Waals surface area contributed by atoms with Crippen molar-refractivity contribution in [2.24, 2.45) is 0 Å². The molecule has 40 heavy (non-hydrogen) atoms. The summed E-state index contributed by atoms with van der Waals surface area (Å²) in [4.78, 5) is 0. The van der Waals surface area contributed by atoms with E-state index in [4.69, 9.17) is 23.3 Å². The standard InChI is InChI=1S/C40H26/c1-2-10-27(11-3-1)28-18-23-31(24-19-28)39-34-14-6-8-16-36(34)40(37-17-9-7-15-35(37)39)32-25-22-30-21-20-29-12-4-5-13-33(29)38(30)26-32/h1-26H/i1D,2D,3D,4D,5D,6D,7D,8D,9D,10D,11D,12D,13D,14D,15D,16D,17D,18D,19D,20D,21D,22D,23D,24D,25D,26D. The van der Waals surface area contributed by atoms with Crippen molar-refractivity contribution >= 4 is 43.1 Å². The Morgan fingerprint density at radius 2 is 0.675 bits per heavy atom. The van der Waals surface area contributed by atoms with Gasteiger partial charge in [0.05, 0.1) is 35.6 Å². The minimum atomic E-state index is -1.05. The van der Waals surface area contributed by atoms with E-state index in [-0.39, 0.29) is 0 Å². The quantitative estimate of drug-likeness (QED) is 0.157. The van der Waals surface area contributed by atoms with Crippen LogP contribution < -0.4 is 0 Å². The first-order valence-corrected chi connectivity index (χ1v) is 11.8. The van der Waals surface area contributed by atoms with Crippen molar-refractivity contribution in [3.05, 3.63) is 157 Å². The summed E-state index contributed by atoms with van der Waals surface area (Å²) in [5, 5.41) is -5.16. The van der Waals surface area contributed by atoms with E-state index in [1.54, 1.807) is 0 Å². The van der Waals surface area contributed by atoms with Crippen LogP contribution >= 0.6 is 0 Å². The third-order valence-corrected chi connectivity index (χ3v) is 6.31. The van der Waals surface area contributed by atoms with Crippen molar-refractivity contribution < 1.29 is 35.6 Å². The second-order valence-corrected chi connectivity index (χ2v) is 8.50. The first-order valence-electron chi connectivity index (χ1n) is 24.8. The molecule has 0 fully saturated rings. The molecule has 8 aromatic rings. The molecule has 0 nitrogen and oxygen atoms in total. The Hall–Kier alpha value is -5.20. The van der Waals surface area contributed by atoms with Crippen LogP contribution in [0.15, 0.2) is 157 Å². The van der Waals surface area contributed by atoms with Gasteiger partial charge in [-0.1, -0.05) is 151 Å². The molecule has 0 heterocycles. The Bertz CT molecular complexity index is 3510. The molecule has 0 bridgehead atoms. The second-order valence-electron chi connectivity index (χ2n) is 8.50. The molecule has 0 aromatic heterocycles. The smallest absolute Gasteiger partial charge is 0.0622 e. The fourth-order valence-electron chi connectivity index (χ4n) is 4.59. The first kappa shape index (κ1) is 8.65. The van der Waals surface area contributed by atoms with Crippen molar-refractivity contribution in [1.29, 1.82) is 0 Å². The van der Waals surface area contributed by atoms with Gasteiger partial charge >= 0.3 is 0 Å². The van der Waals surface area contributed by atoms with Crippen LogP contribution in [0.2, 0.25) is 0 Å². The molecule has 8 aromatic carbocycles. The van der Waals surface area contributed by atoms with Gasteiger partial charge in [-0.3, -0.25) is 0 Å². The molecule has 8 rings (SSSR count). The van der Waals surface area contributed by atoms with Crippen molar-refractivity contribution in [2.45, 2.75) is 0 Å². The maximum absolute atomic E-state index is 9.71. The summed E-state index contributed by atoms with van der Waals surface area (Å²) < 4.78 is 230. The Balaban J connectivity index is 1.72. The Kier molecular flexibility index (Phi) is 1.99. The molecule has 0 atom stereocenters. The van der Waals surface area contributed by atoms with Gasteiger partial charge in [0.2, 0.25) is 0 Å². The number of fused-ring (bicyclic) bond motifs is 5. The predicted octanol–water partition coefficient (Wildman–Crippen LogP) is 11.3. The van der Waals surface area contributed by atoms with Crippen molar-refractivity contribution in [3.8, 4) is 33.4 Å². The van der Waals surface area contributed by atoms with Gasteiger partial charge in [-0.25, -0.2) is 0 Å². The highest BCUT2D eigenvalue weighted by Crippen LogP contribution is 2.44. The minimum Gasteiger partial charge on any atom is -0.0622 e. The van der Waals surface area contributed by atoms with E-state index in [0.717, 1.165) is 0 Å². The zero-order valence-corrected chi connectivity index (χ0v) is 20.0. The SMILES string of the molecule is [2H]c1c([2H])c([2H])c(-c2c([2H])c([2H])c(-c3c4c([2H])c([2H])c([2H])c([2H])c4c(-c4c([2H])c([2H])c5c([2H])c([2H])c6c([2H])c([2H])c([2H])c([2H])c6c5c4[2H])c4c([2H])c([2H])c([2H])c([2H])c34)c([2H])c2[2H])c([2H])c1[2H]. The summed E-state index contributed by atoms with van der Waals surface area (Å²) in [6.07, 6.45) is 0. The molecule has 0 saturated carbocycles. The maximum Gasteiger partial charge on any atom is 0.0636 e. The van der Waals surface area contributed by atoms with Crippen LogP contribution in [0.5, 0.6) is 0 Å². The molecule has 0 amide bonds. The van der Waals surface area contributed by atoms with Gasteiger partial charge < -0.3 is 0 Å². The van der Waals surface area contributed by atoms with Crippen molar-refractivity contribution in [2.75, 3.05) is 0 Å². The molecule has 0 saturated heterocycles. The van der Waals surface area contributed by atoms with Gasteiger partial charge in [-0.2, -0.15) is 0 Å². The van der Waals surface area contributed by atoms with Gasteiger partial charge in [0.1, 0.15) is 0 Å². The van der Waals surface area contributed by atoms with E-state index < -0.39 is 234 Å². The van der Waals surface area contributed by atoms with Gasteiger partial charge in [-0.15, -0.1) is 0 Å². The fourth-order valence-corrected chi connectivity index (χ4v) is 4.59. The summed E-state index contributed by atoms with van der Waals surface area (Å²) >= 11 is 0. The molecular formula is C40H26. The van der Waals surface area contributed by atoms with Crippen LogP contribution in [0.1, 0.15) is 35.6 Å². The summed E-state index contributed by atoms with van der Waals surface area (Å²) in [7, 11) is 0. The molecule has 0 spiro atoms. The Morgan fingerprint density at radius 3 is 1.30 bits per heavy atom. The van der Waals surface area contributed by atoms with Gasteiger partial charge in [0.15, 0.2) is 0 Å². The normalized spacial score (nSPS) is 20.6. The van der Waals surface area contributed by atoms with Crippen LogP contribution in [0.3, 0.4) is 0 Å². The van der Waals surface area contributed by atoms with E-state index >= 15 is 0 Å². The lowest BCUT2D eigenvalue weighted by Gasteiger charge is -2.18. The molecule has 0 heteroatoms. The molecule has 0 N–H and O–H groups in total. The van der Waals surface area contributed by atoms with Gasteiger partial charge in [0, 0.05) is 0 Å². The van der Waals surface area contributed by atoms with E-state index in [1.165, 1.54) is 0 Å². The number of hydrogen-bond donors (Lipinski definition) is 0. The third-order valence-electron chi connectivity index (χ3n) is 6.31. The van der Waals surface area contributed by atoms with Crippen molar-refractivity contribution in [1.82, 2.24) is 0 Å². The summed E-state index contributed by atoms with van der Waals surface area (Å²) in [6.45, 7) is 0. The van der Waals surface area contributed by atoms with E-state index in [0.29, 0.717) is 0 Å². The summed E-state index contributed by atoms with van der Waals surface area (Å²) in [6, 6.07) is -24.0. The van der Waals surface area contributed by atoms with E-state index in [2.05, 4.69) is 0 Å². The molecular weight excluding hydrogens is 480 g/mol. The Morgan fingerprint density at radius 1 is 0.275 bits per heavy atom. The summed E-state index contributed by atoms with van der Waals surface area (Å²) in [5.74, 6) is 0. The topological polar surface area (TPSA) is 0 Å². The predicted molar refractivity (Wildman–Crippen MR) is 173 cm³/mol. The first-order chi connectivity index (χ1) is 30.7. The van der Waals surface area contributed by atoms with Crippen LogP contribution in [0.4, 0.5) is 0 Å². The zero-order valence-electron chi connectivity index (χ0n) is 46.0. The van der Waals surface area contributed by atoms with E-state index in [9.17, 15) is 12.3 Å². The highest BCUT2D eigenvalue weighted by molar-refractivity contribution is 6.22. The lowest BCUT2D eigenvalue weighted by Crippen LogP contribution is -1.91. The summed E-state index contributed by atoms with van der Waals surface area (Å²) in [5.41, 5.74) is -4.56. The van der Waals surface area contributed by atoms with Crippen LogP contribution in [-0.4, -0.2) is 0 Å². The second kappa shape index (κ2) is 9.22. The van der Waals surface area contributed by atoms with Crippen LogP contribution in [0.25, 0.3) is 76.5 Å². The lowest BCUT2D eigenvalue weighted by molar-refractivity contribution is 1.61. The lowest BCUT2D eigenvalue weighted by atomic mass is 9.85. The highest BCUT2D eigenvalue weighted by Gasteiger charge is 2.17. The number of hydrogen-bond acceptors (Lipinski definition) is 0. The largest absolute Gasteiger partial charge is 0.0636 e. The molecule has 0 aliphatic rings. The minimum absolute atomic E-state index is 0.534. The maximum atomic E-state index is 9.71. The molecule has 186 valence electrons. The van der Waals surface area contributed by atoms with E-state index in [1.807, 2.05) is 0 Å². The number of rotatable bonds is 3. The monoisotopic (exact) mass is 532 g/mol. The van der Waals surface area contributed by atoms with Gasteiger partial charge in [-0.05, 0) is 82.5 Å². The van der Waals surface area contributed by atoms with Crippen LogP contribution in [-0.2, 0) is 0 Å². The average Bonchev–Trinajstić information content (AvgIpc) is 3.28. The average molecular weight is 533 g/mol. The van der Waals surface area contributed by atoms with Gasteiger partial charge in [0.25, 0.3) is 0 Å². The molecule has 0 aliphatic heterocycles. The highest BCUT2D eigenvalue weighted by atomic mass is 14.2. The third kappa shape index (κ3) is 3.61. The zero-order chi connectivity index (χ0) is 49.1. The number of benzene rings is 8. The van der Waals surface area contributed by atoms with Crippen LogP contribution in [0, 0.1) is 0 Å². The molecule has 0 aliphatic carbocycles. The molecule has 0 radical (unpaired) electrons. The Labute approximate surface area is 270 Å². The molecule has 0 unspecified atom stereocenters. The fraction of sp³-hybridized carbons (Fsp3) is 0. The van der Waals surface area contributed by atoms with Crippen molar-refractivity contribution in [3.63, 3.8) is 0 Å².